The number of thiazole rings is 1. The number of amides is 2. The Morgan fingerprint density at radius 2 is 2.07 bits per heavy atom. The van der Waals surface area contributed by atoms with Crippen molar-refractivity contribution in [1.29, 1.82) is 0 Å². The Hall–Kier alpha value is -2.55. The molecule has 0 aliphatic carbocycles. The number of hydrogen-bond donors (Lipinski definition) is 0. The van der Waals surface area contributed by atoms with Crippen LogP contribution in [-0.4, -0.2) is 52.8 Å². The standard InChI is InChI=1S/C21H23F2N3O3S/c1-14-24-16(12-30-14)10-26-13-21(9-19(26)27)4-6-25(7-5-21)20(28)11-29-18-8-15(22)2-3-17(18)23/h2-3,8,12H,4-7,9-11,13H2,1H3. The fourth-order valence-electron chi connectivity index (χ4n) is 4.19. The molecule has 160 valence electrons. The number of carbonyl (C=O) groups excluding carboxylic acids is 2. The predicted molar refractivity (Wildman–Crippen MR) is 107 cm³/mol. The topological polar surface area (TPSA) is 62.7 Å². The summed E-state index contributed by atoms with van der Waals surface area (Å²) in [7, 11) is 0. The van der Waals surface area contributed by atoms with Crippen LogP contribution in [0.1, 0.15) is 30.0 Å². The molecular weight excluding hydrogens is 412 g/mol. The lowest BCUT2D eigenvalue weighted by Crippen LogP contribution is -2.45. The highest BCUT2D eigenvalue weighted by Gasteiger charge is 2.45. The zero-order valence-electron chi connectivity index (χ0n) is 16.7. The van der Waals surface area contributed by atoms with Crippen LogP contribution in [0.2, 0.25) is 0 Å². The van der Waals surface area contributed by atoms with Gasteiger partial charge in [-0.1, -0.05) is 0 Å². The summed E-state index contributed by atoms with van der Waals surface area (Å²) in [6, 6.07) is 2.89. The molecule has 0 saturated carbocycles. The minimum Gasteiger partial charge on any atom is -0.481 e. The second kappa shape index (κ2) is 8.29. The maximum absolute atomic E-state index is 13.6. The first-order chi connectivity index (χ1) is 14.3. The Bertz CT molecular complexity index is 957. The van der Waals surface area contributed by atoms with E-state index in [4.69, 9.17) is 4.74 Å². The van der Waals surface area contributed by atoms with Crippen LogP contribution in [0.3, 0.4) is 0 Å². The molecule has 3 heterocycles. The first-order valence-electron chi connectivity index (χ1n) is 9.88. The number of hydrogen-bond acceptors (Lipinski definition) is 5. The number of aryl methyl sites for hydroxylation is 1. The van der Waals surface area contributed by atoms with E-state index < -0.39 is 11.6 Å². The molecule has 9 heteroatoms. The molecule has 2 aliphatic heterocycles. The van der Waals surface area contributed by atoms with Crippen LogP contribution in [0.15, 0.2) is 23.6 Å². The quantitative estimate of drug-likeness (QED) is 0.724. The number of halogens is 2. The maximum atomic E-state index is 13.6. The third-order valence-corrected chi connectivity index (χ3v) is 6.67. The second-order valence-corrected chi connectivity index (χ2v) is 9.09. The van der Waals surface area contributed by atoms with Gasteiger partial charge in [-0.3, -0.25) is 9.59 Å². The highest BCUT2D eigenvalue weighted by atomic mass is 32.1. The minimum atomic E-state index is -0.707. The van der Waals surface area contributed by atoms with E-state index >= 15 is 0 Å². The van der Waals surface area contributed by atoms with Gasteiger partial charge in [-0.2, -0.15) is 0 Å². The second-order valence-electron chi connectivity index (χ2n) is 8.03. The summed E-state index contributed by atoms with van der Waals surface area (Å²) < 4.78 is 32.0. The Morgan fingerprint density at radius 3 is 2.77 bits per heavy atom. The number of benzene rings is 1. The summed E-state index contributed by atoms with van der Waals surface area (Å²) in [5.41, 5.74) is 0.798. The van der Waals surface area contributed by atoms with Crippen molar-refractivity contribution in [2.75, 3.05) is 26.2 Å². The molecule has 2 fully saturated rings. The lowest BCUT2D eigenvalue weighted by molar-refractivity contribution is -0.135. The third kappa shape index (κ3) is 4.45. The van der Waals surface area contributed by atoms with Crippen LogP contribution in [0.5, 0.6) is 5.75 Å². The van der Waals surface area contributed by atoms with Crippen molar-refractivity contribution in [3.8, 4) is 5.75 Å². The largest absolute Gasteiger partial charge is 0.481 e. The number of ether oxygens (including phenoxy) is 1. The van der Waals surface area contributed by atoms with Gasteiger partial charge in [0, 0.05) is 42.9 Å². The molecule has 0 bridgehead atoms. The van der Waals surface area contributed by atoms with Gasteiger partial charge in [-0.25, -0.2) is 13.8 Å². The van der Waals surface area contributed by atoms with Crippen LogP contribution in [0.25, 0.3) is 0 Å². The van der Waals surface area contributed by atoms with Gasteiger partial charge in [0.15, 0.2) is 18.2 Å². The fourth-order valence-corrected chi connectivity index (χ4v) is 4.79. The number of carbonyl (C=O) groups is 2. The zero-order valence-corrected chi connectivity index (χ0v) is 17.5. The average molecular weight is 435 g/mol. The molecule has 30 heavy (non-hydrogen) atoms. The van der Waals surface area contributed by atoms with Gasteiger partial charge >= 0.3 is 0 Å². The number of piperidine rings is 1. The third-order valence-electron chi connectivity index (χ3n) is 5.85. The van der Waals surface area contributed by atoms with E-state index in [2.05, 4.69) is 4.98 Å². The van der Waals surface area contributed by atoms with Crippen molar-refractivity contribution < 1.29 is 23.1 Å². The van der Waals surface area contributed by atoms with Gasteiger partial charge < -0.3 is 14.5 Å². The molecule has 1 aromatic heterocycles. The normalized spacial score (nSPS) is 18.3. The van der Waals surface area contributed by atoms with Crippen molar-refractivity contribution in [3.05, 3.63) is 45.9 Å². The van der Waals surface area contributed by atoms with Crippen molar-refractivity contribution >= 4 is 23.2 Å². The Labute approximate surface area is 177 Å². The number of likely N-dealkylation sites (tertiary alicyclic amines) is 2. The fraction of sp³-hybridized carbons (Fsp3) is 0.476. The molecule has 4 rings (SSSR count). The van der Waals surface area contributed by atoms with E-state index in [1.807, 2.05) is 17.2 Å². The molecule has 2 aromatic rings. The maximum Gasteiger partial charge on any atom is 0.260 e. The van der Waals surface area contributed by atoms with Gasteiger partial charge in [-0.05, 0) is 31.9 Å². The molecular formula is C21H23F2N3O3S. The summed E-state index contributed by atoms with van der Waals surface area (Å²) in [4.78, 5) is 32.9. The van der Waals surface area contributed by atoms with Crippen molar-refractivity contribution in [2.24, 2.45) is 5.41 Å². The minimum absolute atomic E-state index is 0.117. The van der Waals surface area contributed by atoms with E-state index in [9.17, 15) is 18.4 Å². The molecule has 0 atom stereocenters. The first kappa shape index (κ1) is 20.7. The van der Waals surface area contributed by atoms with E-state index in [-0.39, 0.29) is 29.6 Å². The Morgan fingerprint density at radius 1 is 1.30 bits per heavy atom. The van der Waals surface area contributed by atoms with Crippen LogP contribution < -0.4 is 4.74 Å². The molecule has 0 N–H and O–H groups in total. The van der Waals surface area contributed by atoms with Crippen LogP contribution in [0.4, 0.5) is 8.78 Å². The molecule has 2 aliphatic rings. The first-order valence-corrected chi connectivity index (χ1v) is 10.8. The van der Waals surface area contributed by atoms with E-state index in [1.54, 1.807) is 16.2 Å². The molecule has 0 unspecified atom stereocenters. The van der Waals surface area contributed by atoms with E-state index in [0.29, 0.717) is 32.6 Å². The summed E-state index contributed by atoms with van der Waals surface area (Å²) in [6.07, 6.45) is 1.94. The monoisotopic (exact) mass is 435 g/mol. The van der Waals surface area contributed by atoms with Crippen LogP contribution in [-0.2, 0) is 16.1 Å². The zero-order chi connectivity index (χ0) is 21.3. The van der Waals surface area contributed by atoms with Gasteiger partial charge in [0.25, 0.3) is 5.91 Å². The van der Waals surface area contributed by atoms with Gasteiger partial charge in [0.05, 0.1) is 17.2 Å². The van der Waals surface area contributed by atoms with E-state index in [1.165, 1.54) is 0 Å². The summed E-state index contributed by atoms with van der Waals surface area (Å²) in [5.74, 6) is -1.74. The number of rotatable bonds is 5. The van der Waals surface area contributed by atoms with Gasteiger partial charge in [-0.15, -0.1) is 11.3 Å². The van der Waals surface area contributed by atoms with Crippen molar-refractivity contribution in [1.82, 2.24) is 14.8 Å². The van der Waals surface area contributed by atoms with Crippen LogP contribution in [0, 0.1) is 24.0 Å². The lowest BCUT2D eigenvalue weighted by Gasteiger charge is -2.38. The molecule has 1 spiro atoms. The number of aromatic nitrogens is 1. The molecule has 6 nitrogen and oxygen atoms in total. The smallest absolute Gasteiger partial charge is 0.260 e. The summed E-state index contributed by atoms with van der Waals surface area (Å²) in [6.45, 7) is 3.84. The van der Waals surface area contributed by atoms with Crippen molar-refractivity contribution in [3.63, 3.8) is 0 Å². The molecule has 1 aromatic carbocycles. The molecule has 0 radical (unpaired) electrons. The Balaban J connectivity index is 1.29. The predicted octanol–water partition coefficient (Wildman–Crippen LogP) is 3.15. The van der Waals surface area contributed by atoms with Crippen LogP contribution >= 0.6 is 11.3 Å². The van der Waals surface area contributed by atoms with E-state index in [0.717, 1.165) is 41.7 Å². The highest BCUT2D eigenvalue weighted by molar-refractivity contribution is 7.09. The Kier molecular flexibility index (Phi) is 5.73. The number of nitrogens with zero attached hydrogens (tertiary/aromatic N) is 3. The lowest BCUT2D eigenvalue weighted by atomic mass is 9.77. The summed E-state index contributed by atoms with van der Waals surface area (Å²) >= 11 is 1.57. The summed E-state index contributed by atoms with van der Waals surface area (Å²) in [5, 5.41) is 2.97. The van der Waals surface area contributed by atoms with Crippen molar-refractivity contribution in [2.45, 2.75) is 32.7 Å². The average Bonchev–Trinajstić information content (AvgIpc) is 3.25. The van der Waals surface area contributed by atoms with Gasteiger partial charge in [0.2, 0.25) is 5.91 Å². The molecule has 2 saturated heterocycles. The highest BCUT2D eigenvalue weighted by Crippen LogP contribution is 2.41. The molecule has 2 amide bonds. The SMILES string of the molecule is Cc1nc(CN2CC3(CCN(C(=O)COc4cc(F)ccc4F)CC3)CC2=O)cs1. The van der Waals surface area contributed by atoms with Gasteiger partial charge in [0.1, 0.15) is 5.82 Å².